The van der Waals surface area contributed by atoms with Gasteiger partial charge in [0.2, 0.25) is 0 Å². The van der Waals surface area contributed by atoms with Crippen LogP contribution in [0.5, 0.6) is 5.75 Å². The second-order valence-electron chi connectivity index (χ2n) is 7.56. The summed E-state index contributed by atoms with van der Waals surface area (Å²) in [6, 6.07) is 8.71. The van der Waals surface area contributed by atoms with Crippen LogP contribution >= 0.6 is 23.2 Å². The van der Waals surface area contributed by atoms with Crippen molar-refractivity contribution in [3.63, 3.8) is 0 Å². The summed E-state index contributed by atoms with van der Waals surface area (Å²) >= 11 is 12.2. The number of ether oxygens (including phenoxy) is 1. The number of fused-ring (bicyclic) bond motifs is 3. The first-order valence-electron chi connectivity index (χ1n) is 9.59. The quantitative estimate of drug-likeness (QED) is 0.471. The van der Waals surface area contributed by atoms with Gasteiger partial charge in [0.05, 0.1) is 23.7 Å². The van der Waals surface area contributed by atoms with E-state index >= 15 is 0 Å². The van der Waals surface area contributed by atoms with Crippen LogP contribution in [0.15, 0.2) is 46.1 Å². The highest BCUT2D eigenvalue weighted by molar-refractivity contribution is 6.42. The lowest BCUT2D eigenvalue weighted by Crippen LogP contribution is -2.41. The molecule has 1 aromatic carbocycles. The third-order valence-electron chi connectivity index (χ3n) is 5.44. The third-order valence-corrected chi connectivity index (χ3v) is 6.18. The Labute approximate surface area is 181 Å². The van der Waals surface area contributed by atoms with Crippen molar-refractivity contribution in [2.24, 2.45) is 5.92 Å². The van der Waals surface area contributed by atoms with E-state index in [1.54, 1.807) is 42.0 Å². The molecule has 1 fully saturated rings. The van der Waals surface area contributed by atoms with E-state index in [1.807, 2.05) is 6.07 Å². The van der Waals surface area contributed by atoms with Crippen molar-refractivity contribution in [1.29, 1.82) is 0 Å². The highest BCUT2D eigenvalue weighted by Crippen LogP contribution is 2.30. The number of benzene rings is 1. The Morgan fingerprint density at radius 2 is 1.90 bits per heavy atom. The predicted octanol–water partition coefficient (Wildman–Crippen LogP) is 3.58. The normalized spacial score (nSPS) is 14.0. The number of hydrogen-bond acceptors (Lipinski definition) is 4. The van der Waals surface area contributed by atoms with E-state index in [0.29, 0.717) is 45.1 Å². The molecule has 30 heavy (non-hydrogen) atoms. The summed E-state index contributed by atoms with van der Waals surface area (Å²) in [6.07, 6.45) is 3.79. The first-order valence-corrected chi connectivity index (χ1v) is 10.3. The second kappa shape index (κ2) is 7.18. The number of pyridine rings is 1. The molecule has 9 heteroatoms. The monoisotopic (exact) mass is 444 g/mol. The molecule has 5 rings (SSSR count). The molecule has 0 saturated heterocycles. The van der Waals surface area contributed by atoms with Crippen molar-refractivity contribution >= 4 is 40.0 Å². The molecule has 0 amide bonds. The molecule has 0 aliphatic heterocycles. The SMILES string of the molecule is COc1ccn2c(c1)nc1c2c(=O)n(CC2CC2)c(=O)n1Cc1ccc(Cl)c(Cl)c1. The van der Waals surface area contributed by atoms with Crippen LogP contribution in [0, 0.1) is 5.92 Å². The van der Waals surface area contributed by atoms with Crippen LogP contribution in [0.1, 0.15) is 18.4 Å². The molecule has 0 spiro atoms. The lowest BCUT2D eigenvalue weighted by atomic mass is 10.2. The molecule has 1 saturated carbocycles. The summed E-state index contributed by atoms with van der Waals surface area (Å²) in [5.41, 5.74) is 1.32. The minimum absolute atomic E-state index is 0.220. The molecule has 4 aromatic rings. The number of aromatic nitrogens is 4. The van der Waals surface area contributed by atoms with Crippen molar-refractivity contribution in [3.8, 4) is 5.75 Å². The lowest BCUT2D eigenvalue weighted by molar-refractivity contribution is 0.414. The number of nitrogens with zero attached hydrogens (tertiary/aromatic N) is 4. The Bertz CT molecular complexity index is 1420. The van der Waals surface area contributed by atoms with Gasteiger partial charge in [0.15, 0.2) is 11.2 Å². The topological polar surface area (TPSA) is 70.5 Å². The minimum Gasteiger partial charge on any atom is -0.497 e. The fourth-order valence-electron chi connectivity index (χ4n) is 3.66. The Morgan fingerprint density at radius 1 is 1.10 bits per heavy atom. The number of methoxy groups -OCH3 is 1. The molecule has 1 aliphatic carbocycles. The van der Waals surface area contributed by atoms with Gasteiger partial charge in [-0.05, 0) is 42.5 Å². The fourth-order valence-corrected chi connectivity index (χ4v) is 3.98. The molecule has 3 heterocycles. The Morgan fingerprint density at radius 3 is 2.60 bits per heavy atom. The average Bonchev–Trinajstić information content (AvgIpc) is 3.48. The average molecular weight is 445 g/mol. The molecule has 0 unspecified atom stereocenters. The number of hydrogen-bond donors (Lipinski definition) is 0. The predicted molar refractivity (Wildman–Crippen MR) is 116 cm³/mol. The summed E-state index contributed by atoms with van der Waals surface area (Å²) < 4.78 is 9.83. The molecule has 0 radical (unpaired) electrons. The zero-order valence-corrected chi connectivity index (χ0v) is 17.7. The van der Waals surface area contributed by atoms with Gasteiger partial charge in [0, 0.05) is 18.8 Å². The molecule has 0 bridgehead atoms. The van der Waals surface area contributed by atoms with Gasteiger partial charge in [-0.25, -0.2) is 9.78 Å². The van der Waals surface area contributed by atoms with Crippen molar-refractivity contribution in [2.75, 3.05) is 7.11 Å². The zero-order valence-electron chi connectivity index (χ0n) is 16.1. The van der Waals surface area contributed by atoms with Crippen LogP contribution in [0.4, 0.5) is 0 Å². The van der Waals surface area contributed by atoms with Crippen LogP contribution in [-0.2, 0) is 13.1 Å². The summed E-state index contributed by atoms with van der Waals surface area (Å²) in [6.45, 7) is 0.635. The number of halogens is 2. The second-order valence-corrected chi connectivity index (χ2v) is 8.37. The number of imidazole rings is 1. The van der Waals surface area contributed by atoms with E-state index in [-0.39, 0.29) is 17.8 Å². The van der Waals surface area contributed by atoms with Gasteiger partial charge in [-0.15, -0.1) is 0 Å². The van der Waals surface area contributed by atoms with Gasteiger partial charge in [-0.2, -0.15) is 0 Å². The number of rotatable bonds is 5. The summed E-state index contributed by atoms with van der Waals surface area (Å²) in [4.78, 5) is 31.2. The Kier molecular flexibility index (Phi) is 4.60. The van der Waals surface area contributed by atoms with Gasteiger partial charge in [-0.3, -0.25) is 18.3 Å². The highest BCUT2D eigenvalue weighted by atomic mass is 35.5. The summed E-state index contributed by atoms with van der Waals surface area (Å²) in [5.74, 6) is 0.986. The Balaban J connectivity index is 1.79. The maximum absolute atomic E-state index is 13.3. The van der Waals surface area contributed by atoms with E-state index in [1.165, 1.54) is 9.13 Å². The third kappa shape index (κ3) is 3.18. The van der Waals surface area contributed by atoms with Crippen LogP contribution < -0.4 is 16.0 Å². The fraction of sp³-hybridized carbons (Fsp3) is 0.286. The summed E-state index contributed by atoms with van der Waals surface area (Å²) in [7, 11) is 1.57. The molecular formula is C21H18Cl2N4O3. The van der Waals surface area contributed by atoms with Gasteiger partial charge < -0.3 is 4.74 Å². The zero-order chi connectivity index (χ0) is 21.0. The maximum Gasteiger partial charge on any atom is 0.333 e. The van der Waals surface area contributed by atoms with Crippen LogP contribution in [-0.4, -0.2) is 25.6 Å². The van der Waals surface area contributed by atoms with Crippen molar-refractivity contribution in [1.82, 2.24) is 18.5 Å². The smallest absolute Gasteiger partial charge is 0.333 e. The lowest BCUT2D eigenvalue weighted by Gasteiger charge is -2.12. The van der Waals surface area contributed by atoms with Gasteiger partial charge in [-0.1, -0.05) is 29.3 Å². The molecule has 0 N–H and O–H groups in total. The van der Waals surface area contributed by atoms with Crippen LogP contribution in [0.25, 0.3) is 16.8 Å². The highest BCUT2D eigenvalue weighted by Gasteiger charge is 2.26. The van der Waals surface area contributed by atoms with E-state index < -0.39 is 0 Å². The van der Waals surface area contributed by atoms with E-state index in [9.17, 15) is 9.59 Å². The molecule has 3 aromatic heterocycles. The molecule has 154 valence electrons. The first-order chi connectivity index (χ1) is 14.5. The molecule has 1 aliphatic rings. The standard InChI is InChI=1S/C21H18Cl2N4O3/c1-30-14-6-7-25-17(9-14)24-19-18(25)20(28)27(10-12-2-3-12)21(29)26(19)11-13-4-5-15(22)16(23)8-13/h4-9,12H,2-3,10-11H2,1H3. The van der Waals surface area contributed by atoms with Crippen molar-refractivity contribution in [2.45, 2.75) is 25.9 Å². The van der Waals surface area contributed by atoms with Gasteiger partial charge in [0.25, 0.3) is 5.56 Å². The van der Waals surface area contributed by atoms with E-state index in [0.717, 1.165) is 18.4 Å². The van der Waals surface area contributed by atoms with Gasteiger partial charge >= 0.3 is 5.69 Å². The first kappa shape index (κ1) is 19.2. The van der Waals surface area contributed by atoms with Gasteiger partial charge in [0.1, 0.15) is 11.4 Å². The Hall–Kier alpha value is -2.77. The molecule has 7 nitrogen and oxygen atoms in total. The van der Waals surface area contributed by atoms with E-state index in [2.05, 4.69) is 4.98 Å². The van der Waals surface area contributed by atoms with Crippen molar-refractivity contribution < 1.29 is 4.74 Å². The van der Waals surface area contributed by atoms with Crippen molar-refractivity contribution in [3.05, 3.63) is 73.0 Å². The van der Waals surface area contributed by atoms with Crippen LogP contribution in [0.2, 0.25) is 10.0 Å². The molecule has 0 atom stereocenters. The van der Waals surface area contributed by atoms with Crippen LogP contribution in [0.3, 0.4) is 0 Å². The minimum atomic E-state index is -0.374. The largest absolute Gasteiger partial charge is 0.497 e. The molecular weight excluding hydrogens is 427 g/mol. The summed E-state index contributed by atoms with van der Waals surface area (Å²) in [5, 5.41) is 0.848. The van der Waals surface area contributed by atoms with E-state index in [4.69, 9.17) is 27.9 Å². The maximum atomic E-state index is 13.3.